The zero-order chi connectivity index (χ0) is 56.4. The molecule has 77 heavy (non-hydrogen) atoms. The number of H-pyrrole nitrogens is 1. The summed E-state index contributed by atoms with van der Waals surface area (Å²) in [6, 6.07) is 12.3. The minimum absolute atomic E-state index is 0.0117. The van der Waals surface area contributed by atoms with Crippen molar-refractivity contribution in [3.8, 4) is 5.75 Å². The van der Waals surface area contributed by atoms with Crippen LogP contribution in [0.15, 0.2) is 85.1 Å². The van der Waals surface area contributed by atoms with Gasteiger partial charge in [0.15, 0.2) is 0 Å². The number of phenolic OH excluding ortho intramolecular Hbond substituents is 1. The van der Waals surface area contributed by atoms with Crippen LogP contribution in [0.4, 0.5) is 0 Å². The van der Waals surface area contributed by atoms with Crippen molar-refractivity contribution in [2.45, 2.75) is 94.2 Å². The lowest BCUT2D eigenvalue weighted by Crippen LogP contribution is -2.59. The summed E-state index contributed by atoms with van der Waals surface area (Å²) in [5, 5.41) is 28.7. The van der Waals surface area contributed by atoms with Gasteiger partial charge in [-0.2, -0.15) is 23.5 Å². The Balaban J connectivity index is 1.54. The van der Waals surface area contributed by atoms with E-state index in [1.54, 1.807) is 62.0 Å². The van der Waals surface area contributed by atoms with Crippen molar-refractivity contribution in [2.75, 3.05) is 44.3 Å². The fourth-order valence-corrected chi connectivity index (χ4v) is 8.69. The molecule has 0 aliphatic rings. The number of aromatic hydroxyl groups is 1. The maximum Gasteiger partial charge on any atom is 0.308 e. The number of nitrogens with one attached hydrogen (secondary N) is 8. The van der Waals surface area contributed by atoms with Gasteiger partial charge in [0.25, 0.3) is 0 Å². The number of hydrogen-bond donors (Lipinski definition) is 11. The summed E-state index contributed by atoms with van der Waals surface area (Å²) in [6.07, 6.45) is 3.99. The molecule has 1 heterocycles. The Bertz CT molecular complexity index is 2660. The lowest BCUT2D eigenvalue weighted by Gasteiger charge is -2.26. The number of rotatable bonds is 32. The number of aromatic amines is 1. The van der Waals surface area contributed by atoms with Crippen LogP contribution >= 0.6 is 23.5 Å². The summed E-state index contributed by atoms with van der Waals surface area (Å²) >= 11 is 2.73. The van der Waals surface area contributed by atoms with Crippen LogP contribution in [-0.2, 0) is 76.7 Å². The predicted octanol–water partition coefficient (Wildman–Crippen LogP) is -0.238. The zero-order valence-electron chi connectivity index (χ0n) is 43.2. The summed E-state index contributed by atoms with van der Waals surface area (Å²) in [5.41, 5.74) is 14.2. The molecule has 0 unspecified atom stereocenters. The molecule has 8 amide bonds. The third-order valence-corrected chi connectivity index (χ3v) is 13.2. The van der Waals surface area contributed by atoms with Gasteiger partial charge < -0.3 is 68.2 Å². The molecule has 0 aliphatic heterocycles. The minimum atomic E-state index is -1.58. The first kappa shape index (κ1) is 61.9. The molecule has 416 valence electrons. The highest BCUT2D eigenvalue weighted by Gasteiger charge is 2.34. The van der Waals surface area contributed by atoms with E-state index in [4.69, 9.17) is 20.9 Å². The number of ether oxygens (including phenoxy) is 2. The van der Waals surface area contributed by atoms with Crippen LogP contribution in [-0.4, -0.2) is 156 Å². The minimum Gasteiger partial charge on any atom is -0.508 e. The van der Waals surface area contributed by atoms with Crippen molar-refractivity contribution in [2.24, 2.45) is 11.5 Å². The molecule has 0 radical (unpaired) electrons. The van der Waals surface area contributed by atoms with Gasteiger partial charge in [0, 0.05) is 36.4 Å². The van der Waals surface area contributed by atoms with Gasteiger partial charge >= 0.3 is 11.9 Å². The van der Waals surface area contributed by atoms with E-state index in [2.05, 4.69) is 42.2 Å². The highest BCUT2D eigenvalue weighted by atomic mass is 32.2. The van der Waals surface area contributed by atoms with Crippen molar-refractivity contribution >= 4 is 93.6 Å². The zero-order valence-corrected chi connectivity index (χ0v) is 44.9. The first-order valence-corrected chi connectivity index (χ1v) is 27.4. The number of esters is 2. The first-order chi connectivity index (χ1) is 36.8. The number of hydrogen-bond acceptors (Lipinski definition) is 16. The van der Waals surface area contributed by atoms with Crippen LogP contribution in [0.5, 0.6) is 5.75 Å². The Morgan fingerprint density at radius 1 is 0.597 bits per heavy atom. The van der Waals surface area contributed by atoms with Crippen LogP contribution in [0.1, 0.15) is 49.3 Å². The molecule has 3 aromatic carbocycles. The molecular formula is C52H68N10O13S2. The van der Waals surface area contributed by atoms with Crippen LogP contribution in [0, 0.1) is 0 Å². The predicted molar refractivity (Wildman–Crippen MR) is 290 cm³/mol. The molecule has 0 saturated carbocycles. The highest BCUT2D eigenvalue weighted by Crippen LogP contribution is 2.20. The van der Waals surface area contributed by atoms with Gasteiger partial charge in [0.2, 0.25) is 47.3 Å². The van der Waals surface area contributed by atoms with Crippen molar-refractivity contribution in [3.63, 3.8) is 0 Å². The Morgan fingerprint density at radius 3 is 1.73 bits per heavy atom. The Labute approximate surface area is 454 Å². The number of carbonyl (C=O) groups excluding carboxylic acids is 10. The second-order valence-electron chi connectivity index (χ2n) is 17.6. The van der Waals surface area contributed by atoms with Crippen molar-refractivity contribution in [1.82, 2.24) is 42.2 Å². The number of fused-ring (bicyclic) bond motifs is 1. The summed E-state index contributed by atoms with van der Waals surface area (Å²) in [4.78, 5) is 137. The molecule has 4 rings (SSSR count). The van der Waals surface area contributed by atoms with Gasteiger partial charge in [-0.15, -0.1) is 0 Å². The summed E-state index contributed by atoms with van der Waals surface area (Å²) in [7, 11) is 1.09. The van der Waals surface area contributed by atoms with E-state index in [1.807, 2.05) is 18.2 Å². The number of nitrogens with two attached hydrogens (primary N) is 2. The van der Waals surface area contributed by atoms with Crippen molar-refractivity contribution in [1.29, 1.82) is 0 Å². The van der Waals surface area contributed by atoms with Gasteiger partial charge in [0.1, 0.15) is 42.0 Å². The summed E-state index contributed by atoms with van der Waals surface area (Å²) < 4.78 is 9.69. The Hall–Kier alpha value is -7.64. The van der Waals surface area contributed by atoms with E-state index >= 15 is 0 Å². The Kier molecular flexibility index (Phi) is 25.8. The normalized spacial score (nSPS) is 13.7. The molecular weight excluding hydrogens is 1040 g/mol. The fraction of sp³-hybridized carbons (Fsp3) is 0.423. The fourth-order valence-electron chi connectivity index (χ4n) is 7.74. The lowest BCUT2D eigenvalue weighted by atomic mass is 10.0. The van der Waals surface area contributed by atoms with Crippen LogP contribution < -0.4 is 48.7 Å². The van der Waals surface area contributed by atoms with Gasteiger partial charge in [-0.1, -0.05) is 60.7 Å². The Morgan fingerprint density at radius 2 is 1.12 bits per heavy atom. The van der Waals surface area contributed by atoms with Gasteiger partial charge in [-0.25, -0.2) is 0 Å². The number of methoxy groups -OCH3 is 1. The van der Waals surface area contributed by atoms with E-state index in [1.165, 1.54) is 47.8 Å². The molecule has 0 bridgehead atoms. The molecule has 23 nitrogen and oxygen atoms in total. The van der Waals surface area contributed by atoms with Crippen molar-refractivity contribution < 1.29 is 62.5 Å². The topological polar surface area (TPSA) is 361 Å². The summed E-state index contributed by atoms with van der Waals surface area (Å²) in [5.74, 6) is -7.68. The monoisotopic (exact) mass is 1100 g/mol. The molecule has 0 aliphatic carbocycles. The average Bonchev–Trinajstić information content (AvgIpc) is 3.83. The molecule has 1 aromatic heterocycles. The van der Waals surface area contributed by atoms with E-state index in [-0.39, 0.29) is 44.5 Å². The number of amides is 8. The van der Waals surface area contributed by atoms with Crippen LogP contribution in [0.3, 0.4) is 0 Å². The number of para-hydroxylation sites is 1. The van der Waals surface area contributed by atoms with E-state index in [0.717, 1.165) is 18.0 Å². The van der Waals surface area contributed by atoms with E-state index < -0.39 is 121 Å². The number of aromatic nitrogens is 1. The summed E-state index contributed by atoms with van der Waals surface area (Å²) in [6.45, 7) is 0.968. The number of carbonyl (C=O) groups is 10. The van der Waals surface area contributed by atoms with Crippen LogP contribution in [0.25, 0.3) is 10.9 Å². The van der Waals surface area contributed by atoms with Crippen LogP contribution in [0.2, 0.25) is 0 Å². The van der Waals surface area contributed by atoms with Gasteiger partial charge in [-0.3, -0.25) is 47.9 Å². The molecule has 0 fully saturated rings. The third-order valence-electron chi connectivity index (χ3n) is 11.9. The average molecular weight is 1110 g/mol. The second kappa shape index (κ2) is 32.1. The molecule has 13 N–H and O–H groups in total. The SMILES string of the molecule is CCOC(=O)C[C@H](N)C(=O)N[C@@H](Cc1ccc(O)cc1)C(=O)N[C@@H](CCSC)C(=O)NCC(=O)N[C@@H](Cc1c[nH]c2ccccc12)C(=O)N[C@@H](CCSC)C(=O)N[C@@H](CC(=O)OC)C(=O)N[C@@H](Cc1ccccc1)C(N)=O. The number of benzene rings is 3. The van der Waals surface area contributed by atoms with Gasteiger partial charge in [0.05, 0.1) is 39.1 Å². The molecule has 0 saturated heterocycles. The largest absolute Gasteiger partial charge is 0.508 e. The maximum absolute atomic E-state index is 14.4. The number of thioether (sulfide) groups is 2. The second-order valence-corrected chi connectivity index (χ2v) is 19.6. The van der Waals surface area contributed by atoms with E-state index in [0.29, 0.717) is 28.2 Å². The third kappa shape index (κ3) is 20.8. The molecule has 0 spiro atoms. The van der Waals surface area contributed by atoms with E-state index in [9.17, 15) is 53.1 Å². The number of primary amides is 1. The standard InChI is InChI=1S/C52H68N10O13S2/c1-5-75-45(66)26-35(53)47(68)61-40(24-31-15-17-33(63)18-16-31)50(71)58-37(19-21-76-3)48(69)56-29-43(64)57-41(25-32-28-55-36-14-10-9-13-34(32)36)51(72)59-38(20-22-77-4)49(70)62-42(27-44(65)74-2)52(73)60-39(46(54)67)23-30-11-7-6-8-12-30/h6-18,28,35,37-42,55,63H,5,19-27,29,53H2,1-4H3,(H2,54,67)(H,56,69)(H,57,64)(H,58,71)(H,59,72)(H,60,73)(H,61,68)(H,62,70)/t35-,37-,38-,39-,40-,41-,42-/m0/s1. The highest BCUT2D eigenvalue weighted by molar-refractivity contribution is 7.98. The molecule has 4 aromatic rings. The van der Waals surface area contributed by atoms with Crippen molar-refractivity contribution in [3.05, 3.63) is 102 Å². The molecule has 7 atom stereocenters. The number of phenols is 1. The van der Waals surface area contributed by atoms with Gasteiger partial charge in [-0.05, 0) is 78.7 Å². The smallest absolute Gasteiger partial charge is 0.308 e. The lowest BCUT2D eigenvalue weighted by molar-refractivity contribution is -0.145. The maximum atomic E-state index is 14.4. The first-order valence-electron chi connectivity index (χ1n) is 24.6. The molecule has 25 heteroatoms. The quantitative estimate of drug-likeness (QED) is 0.0281.